The van der Waals surface area contributed by atoms with Crippen molar-refractivity contribution in [1.29, 1.82) is 0 Å². The van der Waals surface area contributed by atoms with E-state index in [1.54, 1.807) is 18.3 Å². The summed E-state index contributed by atoms with van der Waals surface area (Å²) < 4.78 is 18.7. The maximum Gasteiger partial charge on any atom is 2.00 e. The Hall–Kier alpha value is -5.41. The van der Waals surface area contributed by atoms with Crippen molar-refractivity contribution in [3.63, 3.8) is 0 Å². The number of rotatable bonds is 5. The van der Waals surface area contributed by atoms with Gasteiger partial charge in [-0.15, -0.1) is 41.5 Å². The number of benzene rings is 5. The van der Waals surface area contributed by atoms with Crippen LogP contribution in [-0.4, -0.2) is 14.5 Å². The molecule has 0 aliphatic carbocycles. The summed E-state index contributed by atoms with van der Waals surface area (Å²) in [6.45, 7) is 0. The van der Waals surface area contributed by atoms with Gasteiger partial charge in [0.25, 0.3) is 0 Å². The Kier molecular flexibility index (Phi) is 7.69. The molecule has 0 N–H and O–H groups in total. The smallest absolute Gasteiger partial charge is 0.319 e. The summed E-state index contributed by atoms with van der Waals surface area (Å²) in [7, 11) is 0. The zero-order valence-electron chi connectivity index (χ0n) is 25.6. The number of anilines is 3. The molecule has 0 spiro atoms. The molecule has 0 saturated carbocycles. The zero-order chi connectivity index (χ0) is 31.3. The monoisotopic (exact) mass is 712 g/mol. The van der Waals surface area contributed by atoms with Crippen molar-refractivity contribution in [3.8, 4) is 16.9 Å². The van der Waals surface area contributed by atoms with E-state index >= 15 is 4.39 Å². The third-order valence-electron chi connectivity index (χ3n) is 8.97. The fraction of sp³-hybridized carbons (Fsp3) is 0.0476. The Labute approximate surface area is 291 Å². The minimum absolute atomic E-state index is 0. The second kappa shape index (κ2) is 12.3. The quantitative estimate of drug-likeness (QED) is 0.132. The van der Waals surface area contributed by atoms with Crippen LogP contribution in [0.25, 0.3) is 38.8 Å². The van der Waals surface area contributed by atoms with Gasteiger partial charge in [-0.3, -0.25) is 0 Å². The van der Waals surface area contributed by atoms with Crippen LogP contribution in [0.2, 0.25) is 0 Å². The van der Waals surface area contributed by atoms with Crippen LogP contribution in [0, 0.1) is 12.1 Å². The fourth-order valence-corrected chi connectivity index (χ4v) is 6.89. The summed E-state index contributed by atoms with van der Waals surface area (Å²) in [4.78, 5) is 11.4. The van der Waals surface area contributed by atoms with Gasteiger partial charge in [-0.2, -0.15) is 18.2 Å². The van der Waals surface area contributed by atoms with Crippen molar-refractivity contribution >= 4 is 39.0 Å². The van der Waals surface area contributed by atoms with Crippen LogP contribution in [-0.2, 0) is 26.8 Å². The van der Waals surface area contributed by atoms with Crippen molar-refractivity contribution in [3.05, 3.63) is 180 Å². The molecule has 1 aliphatic heterocycles. The van der Waals surface area contributed by atoms with Gasteiger partial charge in [-0.05, 0) is 47.7 Å². The first-order chi connectivity index (χ1) is 23.2. The molecule has 0 radical (unpaired) electrons. The summed E-state index contributed by atoms with van der Waals surface area (Å²) in [6.07, 6.45) is 2.84. The number of para-hydroxylation sites is 2. The molecule has 0 saturated heterocycles. The molecule has 0 bridgehead atoms. The van der Waals surface area contributed by atoms with E-state index in [0.717, 1.165) is 57.2 Å². The van der Waals surface area contributed by atoms with Gasteiger partial charge >= 0.3 is 20.4 Å². The van der Waals surface area contributed by atoms with Crippen molar-refractivity contribution in [2.45, 2.75) is 12.6 Å². The number of aromatic nitrogens is 3. The van der Waals surface area contributed by atoms with Gasteiger partial charge in [0.1, 0.15) is 12.0 Å². The third kappa shape index (κ3) is 4.93. The fourth-order valence-electron chi connectivity index (χ4n) is 6.89. The van der Waals surface area contributed by atoms with Gasteiger partial charge < -0.3 is 14.5 Å². The van der Waals surface area contributed by atoms with Crippen LogP contribution in [0.3, 0.4) is 0 Å². The van der Waals surface area contributed by atoms with E-state index in [2.05, 4.69) is 93.3 Å². The van der Waals surface area contributed by atoms with E-state index in [9.17, 15) is 0 Å². The first kappa shape index (κ1) is 30.0. The van der Waals surface area contributed by atoms with E-state index in [1.807, 2.05) is 60.8 Å². The molecule has 4 heterocycles. The van der Waals surface area contributed by atoms with Gasteiger partial charge in [0.2, 0.25) is 0 Å². The van der Waals surface area contributed by atoms with Crippen LogP contribution in [0.5, 0.6) is 0 Å². The largest absolute Gasteiger partial charge is 2.00 e. The summed E-state index contributed by atoms with van der Waals surface area (Å²) in [5, 5.41) is 2.40. The molecule has 8 aromatic rings. The third-order valence-corrected chi connectivity index (χ3v) is 8.97. The topological polar surface area (TPSA) is 34.0 Å². The average Bonchev–Trinajstić information content (AvgIpc) is 3.49. The second-order valence-corrected chi connectivity index (χ2v) is 11.7. The molecule has 3 aromatic heterocycles. The molecule has 5 aromatic carbocycles. The van der Waals surface area contributed by atoms with Crippen molar-refractivity contribution in [2.24, 2.45) is 0 Å². The van der Waals surface area contributed by atoms with E-state index in [1.165, 1.54) is 16.3 Å². The Bertz CT molecular complexity index is 2420. The number of hydrogen-bond donors (Lipinski definition) is 0. The molecule has 1 atom stereocenters. The predicted molar refractivity (Wildman–Crippen MR) is 186 cm³/mol. The normalized spacial score (nSPS) is 12.7. The van der Waals surface area contributed by atoms with E-state index in [0.29, 0.717) is 11.1 Å². The summed E-state index contributed by atoms with van der Waals surface area (Å²) in [6, 6.07) is 51.1. The number of halogens is 1. The number of nitrogens with zero attached hydrogens (tertiary/aromatic N) is 4. The molecule has 1 unspecified atom stereocenters. The van der Waals surface area contributed by atoms with Gasteiger partial charge in [0.05, 0.1) is 16.7 Å². The number of alkyl halides is 1. The first-order valence-corrected chi connectivity index (χ1v) is 15.7. The molecule has 48 heavy (non-hydrogen) atoms. The number of hydrogen-bond acceptors (Lipinski definition) is 3. The summed E-state index contributed by atoms with van der Waals surface area (Å²) in [5.74, 6) is 0.828. The Balaban J connectivity index is 0.00000336. The Morgan fingerprint density at radius 2 is 1.42 bits per heavy atom. The summed E-state index contributed by atoms with van der Waals surface area (Å²) >= 11 is 0. The maximum atomic E-state index is 16.3. The summed E-state index contributed by atoms with van der Waals surface area (Å²) in [5.41, 5.74) is 9.83. The van der Waals surface area contributed by atoms with E-state index in [-0.39, 0.29) is 20.4 Å². The molecule has 232 valence electrons. The molecule has 6 heteroatoms. The molecule has 0 amide bonds. The predicted octanol–water partition coefficient (Wildman–Crippen LogP) is 10.3. The minimum atomic E-state index is -1.42. The minimum Gasteiger partial charge on any atom is -0.319 e. The SMILES string of the molecule is FC(c1[c-]c(-c2ccccn2)ccc1)c1[c-]c(N2c3ccc4c5ccccc5n(-c5ccccc5)c4c3Cc3cccnc32)ccc1.[Pd+2]. The van der Waals surface area contributed by atoms with Gasteiger partial charge in [0, 0.05) is 40.8 Å². The Morgan fingerprint density at radius 3 is 2.27 bits per heavy atom. The average molecular weight is 713 g/mol. The van der Waals surface area contributed by atoms with E-state index < -0.39 is 6.17 Å². The zero-order valence-corrected chi connectivity index (χ0v) is 27.2. The number of pyridine rings is 2. The Morgan fingerprint density at radius 1 is 0.646 bits per heavy atom. The number of fused-ring (bicyclic) bond motifs is 6. The molecular weight excluding hydrogens is 686 g/mol. The molecule has 9 rings (SSSR count). The van der Waals surface area contributed by atoms with Crippen molar-refractivity contribution in [2.75, 3.05) is 4.90 Å². The second-order valence-electron chi connectivity index (χ2n) is 11.7. The standard InChI is InChI=1S/C42H27FN4.Pd/c43-40(29-12-8-11-28(25-29)37-19-6-7-23-44-37)30-13-9-17-33(26-30)47-39-22-21-35-34-18-4-5-20-38(34)46(32-15-2-1-3-16-32)41(35)36(39)27-31-14-10-24-45-42(31)47;/h1-24,40H,27H2;/q-2;+2. The maximum absolute atomic E-state index is 16.3. The van der Waals surface area contributed by atoms with Crippen LogP contribution >= 0.6 is 0 Å². The van der Waals surface area contributed by atoms with Crippen molar-refractivity contribution < 1.29 is 24.8 Å². The first-order valence-electron chi connectivity index (χ1n) is 15.7. The van der Waals surface area contributed by atoms with Gasteiger partial charge in [0.15, 0.2) is 0 Å². The molecular formula is C42H27FN4Pd. The van der Waals surface area contributed by atoms with Crippen molar-refractivity contribution in [1.82, 2.24) is 14.5 Å². The van der Waals surface area contributed by atoms with E-state index in [4.69, 9.17) is 4.98 Å². The van der Waals surface area contributed by atoms with Crippen LogP contribution in [0.1, 0.15) is 28.4 Å². The van der Waals surface area contributed by atoms with Crippen LogP contribution in [0.15, 0.2) is 146 Å². The molecule has 4 nitrogen and oxygen atoms in total. The van der Waals surface area contributed by atoms with Crippen LogP contribution < -0.4 is 4.90 Å². The molecule has 0 fully saturated rings. The van der Waals surface area contributed by atoms with Gasteiger partial charge in [-0.1, -0.05) is 71.9 Å². The molecule has 1 aliphatic rings. The van der Waals surface area contributed by atoms with Gasteiger partial charge in [-0.25, -0.2) is 9.37 Å². The van der Waals surface area contributed by atoms with Crippen LogP contribution in [0.4, 0.5) is 21.6 Å².